The van der Waals surface area contributed by atoms with Crippen LogP contribution in [-0.4, -0.2) is 17.7 Å². The maximum atomic E-state index is 11.0. The first-order chi connectivity index (χ1) is 7.90. The van der Waals surface area contributed by atoms with Crippen LogP contribution in [0, 0.1) is 0 Å². The second kappa shape index (κ2) is 5.11. The molecule has 0 spiro atoms. The molecule has 0 aliphatic heterocycles. The van der Waals surface area contributed by atoms with Gasteiger partial charge in [0.1, 0.15) is 0 Å². The van der Waals surface area contributed by atoms with Gasteiger partial charge in [-0.2, -0.15) is 0 Å². The van der Waals surface area contributed by atoms with Gasteiger partial charge in [-0.25, -0.2) is 0 Å². The predicted octanol–water partition coefficient (Wildman–Crippen LogP) is 0.702. The summed E-state index contributed by atoms with van der Waals surface area (Å²) in [4.78, 5) is 32.9. The summed E-state index contributed by atoms with van der Waals surface area (Å²) in [5, 5.41) is 5.05. The number of hydrogen-bond donors (Lipinski definition) is 3. The molecule has 17 heavy (non-hydrogen) atoms. The molecule has 90 valence electrons. The monoisotopic (exact) mass is 235 g/mol. The zero-order valence-electron chi connectivity index (χ0n) is 9.53. The van der Waals surface area contributed by atoms with Crippen LogP contribution in [0.2, 0.25) is 0 Å². The number of carbonyl (C=O) groups is 3. The lowest BCUT2D eigenvalue weighted by Crippen LogP contribution is -2.15. The van der Waals surface area contributed by atoms with Crippen LogP contribution in [0.5, 0.6) is 0 Å². The lowest BCUT2D eigenvalue weighted by molar-refractivity contribution is -0.115. The molecule has 1 aromatic carbocycles. The quantitative estimate of drug-likeness (QED) is 0.718. The van der Waals surface area contributed by atoms with Gasteiger partial charge in [0.2, 0.25) is 17.7 Å². The first-order valence-corrected chi connectivity index (χ1v) is 4.89. The lowest BCUT2D eigenvalue weighted by atomic mass is 10.1. The maximum absolute atomic E-state index is 11.0. The highest BCUT2D eigenvalue weighted by molar-refractivity contribution is 6.01. The summed E-state index contributed by atoms with van der Waals surface area (Å²) in [7, 11) is 0. The Balaban J connectivity index is 3.15. The standard InChI is InChI=1S/C11H13N3O3/c1-6(15)13-9-4-3-8(11(12)17)5-10(9)14-7(2)16/h3-5H,1-2H3,(H2,12,17)(H,13,15)(H,14,16). The van der Waals surface area contributed by atoms with Crippen LogP contribution in [-0.2, 0) is 9.59 Å². The normalized spacial score (nSPS) is 9.53. The summed E-state index contributed by atoms with van der Waals surface area (Å²) in [5.41, 5.74) is 6.13. The third kappa shape index (κ3) is 3.60. The van der Waals surface area contributed by atoms with Crippen LogP contribution in [0.3, 0.4) is 0 Å². The third-order valence-corrected chi connectivity index (χ3v) is 1.93. The average molecular weight is 235 g/mol. The van der Waals surface area contributed by atoms with E-state index in [-0.39, 0.29) is 17.4 Å². The SMILES string of the molecule is CC(=O)Nc1ccc(C(N)=O)cc1NC(C)=O. The van der Waals surface area contributed by atoms with Crippen molar-refractivity contribution in [3.05, 3.63) is 23.8 Å². The number of rotatable bonds is 3. The smallest absolute Gasteiger partial charge is 0.248 e. The zero-order valence-corrected chi connectivity index (χ0v) is 9.53. The Kier molecular flexibility index (Phi) is 3.82. The van der Waals surface area contributed by atoms with Crippen molar-refractivity contribution in [1.82, 2.24) is 0 Å². The molecule has 6 nitrogen and oxygen atoms in total. The number of nitrogens with two attached hydrogens (primary N) is 1. The molecule has 0 saturated heterocycles. The fourth-order valence-electron chi connectivity index (χ4n) is 1.29. The summed E-state index contributed by atoms with van der Waals surface area (Å²) < 4.78 is 0. The largest absolute Gasteiger partial charge is 0.366 e. The van der Waals surface area contributed by atoms with Gasteiger partial charge < -0.3 is 16.4 Å². The van der Waals surface area contributed by atoms with Crippen LogP contribution in [0.25, 0.3) is 0 Å². The van der Waals surface area contributed by atoms with E-state index < -0.39 is 5.91 Å². The summed E-state index contributed by atoms with van der Waals surface area (Å²) in [6.07, 6.45) is 0. The molecule has 0 aliphatic rings. The second-order valence-corrected chi connectivity index (χ2v) is 3.49. The third-order valence-electron chi connectivity index (χ3n) is 1.93. The molecule has 4 N–H and O–H groups in total. The summed E-state index contributed by atoms with van der Waals surface area (Å²) in [6, 6.07) is 4.39. The van der Waals surface area contributed by atoms with Crippen molar-refractivity contribution in [3.8, 4) is 0 Å². The number of hydrogen-bond acceptors (Lipinski definition) is 3. The van der Waals surface area contributed by atoms with Crippen molar-refractivity contribution >= 4 is 29.1 Å². The van der Waals surface area contributed by atoms with E-state index in [1.54, 1.807) is 0 Å². The fraction of sp³-hybridized carbons (Fsp3) is 0.182. The van der Waals surface area contributed by atoms with E-state index in [4.69, 9.17) is 5.73 Å². The van der Waals surface area contributed by atoms with Gasteiger partial charge in [-0.05, 0) is 18.2 Å². The Morgan fingerprint density at radius 3 is 2.00 bits per heavy atom. The fourth-order valence-corrected chi connectivity index (χ4v) is 1.29. The van der Waals surface area contributed by atoms with Crippen molar-refractivity contribution in [2.45, 2.75) is 13.8 Å². The maximum Gasteiger partial charge on any atom is 0.248 e. The van der Waals surface area contributed by atoms with Gasteiger partial charge >= 0.3 is 0 Å². The topological polar surface area (TPSA) is 101 Å². The van der Waals surface area contributed by atoms with E-state index in [9.17, 15) is 14.4 Å². The molecule has 1 rings (SSSR count). The van der Waals surface area contributed by atoms with Gasteiger partial charge in [0.15, 0.2) is 0 Å². The second-order valence-electron chi connectivity index (χ2n) is 3.49. The van der Waals surface area contributed by atoms with E-state index in [1.165, 1.54) is 32.0 Å². The molecule has 0 saturated carbocycles. The molecule has 3 amide bonds. The molecule has 0 aromatic heterocycles. The number of nitrogens with one attached hydrogen (secondary N) is 2. The summed E-state index contributed by atoms with van der Waals surface area (Å²) in [6.45, 7) is 2.67. The first kappa shape index (κ1) is 12.7. The molecule has 0 radical (unpaired) electrons. The Hall–Kier alpha value is -2.37. The van der Waals surface area contributed by atoms with E-state index in [2.05, 4.69) is 10.6 Å². The minimum Gasteiger partial charge on any atom is -0.366 e. The Labute approximate surface area is 98.2 Å². The minimum atomic E-state index is -0.606. The minimum absolute atomic E-state index is 0.253. The summed E-state index contributed by atoms with van der Waals surface area (Å²) >= 11 is 0. The van der Waals surface area contributed by atoms with Gasteiger partial charge in [0.05, 0.1) is 11.4 Å². The average Bonchev–Trinajstić information content (AvgIpc) is 2.18. The molecule has 0 bridgehead atoms. The molecule has 0 aliphatic carbocycles. The van der Waals surface area contributed by atoms with Crippen LogP contribution in [0.4, 0.5) is 11.4 Å². The van der Waals surface area contributed by atoms with E-state index in [0.717, 1.165) is 0 Å². The zero-order chi connectivity index (χ0) is 13.0. The highest BCUT2D eigenvalue weighted by Gasteiger charge is 2.09. The van der Waals surface area contributed by atoms with Crippen LogP contribution in [0.15, 0.2) is 18.2 Å². The molecule has 6 heteroatoms. The molecule has 0 atom stereocenters. The summed E-state index contributed by atoms with van der Waals surface area (Å²) in [5.74, 6) is -1.19. The van der Waals surface area contributed by atoms with Gasteiger partial charge in [-0.15, -0.1) is 0 Å². The highest BCUT2D eigenvalue weighted by atomic mass is 16.2. The Bertz CT molecular complexity index is 483. The van der Waals surface area contributed by atoms with E-state index in [0.29, 0.717) is 11.4 Å². The number of benzene rings is 1. The van der Waals surface area contributed by atoms with Crippen molar-refractivity contribution in [2.75, 3.05) is 10.6 Å². The molecular formula is C11H13N3O3. The van der Waals surface area contributed by atoms with Gasteiger partial charge in [-0.1, -0.05) is 0 Å². The molecule has 0 heterocycles. The van der Waals surface area contributed by atoms with Gasteiger partial charge in [-0.3, -0.25) is 14.4 Å². The van der Waals surface area contributed by atoms with E-state index in [1.807, 2.05) is 0 Å². The molecule has 0 fully saturated rings. The van der Waals surface area contributed by atoms with Crippen LogP contribution < -0.4 is 16.4 Å². The van der Waals surface area contributed by atoms with Crippen molar-refractivity contribution in [3.63, 3.8) is 0 Å². The number of anilines is 2. The molecule has 0 unspecified atom stereocenters. The molecular weight excluding hydrogens is 222 g/mol. The van der Waals surface area contributed by atoms with Crippen LogP contribution in [0.1, 0.15) is 24.2 Å². The van der Waals surface area contributed by atoms with Gasteiger partial charge in [0.25, 0.3) is 0 Å². The van der Waals surface area contributed by atoms with Crippen molar-refractivity contribution < 1.29 is 14.4 Å². The van der Waals surface area contributed by atoms with E-state index >= 15 is 0 Å². The highest BCUT2D eigenvalue weighted by Crippen LogP contribution is 2.23. The number of amides is 3. The predicted molar refractivity (Wildman–Crippen MR) is 63.6 cm³/mol. The number of carbonyl (C=O) groups excluding carboxylic acids is 3. The first-order valence-electron chi connectivity index (χ1n) is 4.89. The van der Waals surface area contributed by atoms with Crippen molar-refractivity contribution in [1.29, 1.82) is 0 Å². The Morgan fingerprint density at radius 2 is 1.53 bits per heavy atom. The number of primary amides is 1. The van der Waals surface area contributed by atoms with Crippen molar-refractivity contribution in [2.24, 2.45) is 5.73 Å². The lowest BCUT2D eigenvalue weighted by Gasteiger charge is -2.11. The molecule has 1 aromatic rings. The van der Waals surface area contributed by atoms with Crippen LogP contribution >= 0.6 is 0 Å². The Morgan fingerprint density at radius 1 is 1.00 bits per heavy atom. The van der Waals surface area contributed by atoms with Gasteiger partial charge in [0, 0.05) is 19.4 Å².